The lowest BCUT2D eigenvalue weighted by Gasteiger charge is -2.34. The molecule has 1 N–H and O–H groups in total. The van der Waals surface area contributed by atoms with Gasteiger partial charge in [-0.05, 0) is 55.9 Å². The highest BCUT2D eigenvalue weighted by Gasteiger charge is 2.34. The second kappa shape index (κ2) is 8.89. The molecule has 0 aromatic carbocycles. The summed E-state index contributed by atoms with van der Waals surface area (Å²) in [7, 11) is 1.92. The second-order valence-corrected chi connectivity index (χ2v) is 11.5. The van der Waals surface area contributed by atoms with Crippen LogP contribution in [-0.2, 0) is 19.9 Å². The van der Waals surface area contributed by atoms with Crippen LogP contribution < -0.4 is 5.32 Å². The van der Waals surface area contributed by atoms with Gasteiger partial charge in [-0.15, -0.1) is 11.3 Å². The van der Waals surface area contributed by atoms with Crippen LogP contribution in [0.1, 0.15) is 91.4 Å². The number of nitrogens with zero attached hydrogens (tertiary/aromatic N) is 3. The first-order valence-electron chi connectivity index (χ1n) is 11.7. The predicted molar refractivity (Wildman–Crippen MR) is 129 cm³/mol. The smallest absolute Gasteiger partial charge is 0.254 e. The average molecular weight is 441 g/mol. The Labute approximate surface area is 190 Å². The molecular formula is C25H36N4OS. The summed E-state index contributed by atoms with van der Waals surface area (Å²) in [5.74, 6) is 0.721. The van der Waals surface area contributed by atoms with Gasteiger partial charge in [-0.25, -0.2) is 4.99 Å². The molecule has 2 aliphatic carbocycles. The lowest BCUT2D eigenvalue weighted by atomic mass is 9.72. The number of thiophene rings is 1. The minimum absolute atomic E-state index is 0.0775. The zero-order valence-electron chi connectivity index (χ0n) is 19.6. The van der Waals surface area contributed by atoms with Crippen LogP contribution in [0.5, 0.6) is 0 Å². The van der Waals surface area contributed by atoms with E-state index in [-0.39, 0.29) is 11.3 Å². The molecule has 0 radical (unpaired) electrons. The number of carbonyl (C=O) groups is 1. The molecule has 1 unspecified atom stereocenters. The second-order valence-electron chi connectivity index (χ2n) is 10.4. The maximum absolute atomic E-state index is 13.4. The van der Waals surface area contributed by atoms with Crippen LogP contribution >= 0.6 is 11.3 Å². The van der Waals surface area contributed by atoms with E-state index in [4.69, 9.17) is 4.99 Å². The molecule has 0 aliphatic heterocycles. The molecule has 0 bridgehead atoms. The van der Waals surface area contributed by atoms with E-state index < -0.39 is 0 Å². The van der Waals surface area contributed by atoms with Crippen molar-refractivity contribution >= 4 is 28.5 Å². The van der Waals surface area contributed by atoms with Gasteiger partial charge in [-0.2, -0.15) is 5.10 Å². The van der Waals surface area contributed by atoms with Gasteiger partial charge in [0.25, 0.3) is 5.91 Å². The molecule has 168 valence electrons. The van der Waals surface area contributed by atoms with Crippen LogP contribution in [0, 0.1) is 18.3 Å². The van der Waals surface area contributed by atoms with E-state index in [1.165, 1.54) is 29.7 Å². The Kier molecular flexibility index (Phi) is 6.38. The molecule has 5 nitrogen and oxygen atoms in total. The number of hydrogen-bond donors (Lipinski definition) is 1. The van der Waals surface area contributed by atoms with Crippen molar-refractivity contribution in [1.82, 2.24) is 15.1 Å². The van der Waals surface area contributed by atoms with Crippen molar-refractivity contribution in [2.24, 2.45) is 23.4 Å². The summed E-state index contributed by atoms with van der Waals surface area (Å²) in [5.41, 5.74) is 4.31. The summed E-state index contributed by atoms with van der Waals surface area (Å²) in [4.78, 5) is 19.6. The van der Waals surface area contributed by atoms with Gasteiger partial charge < -0.3 is 5.32 Å². The Bertz CT molecular complexity index is 973. The quantitative estimate of drug-likeness (QED) is 0.615. The zero-order valence-corrected chi connectivity index (χ0v) is 20.4. The molecule has 4 rings (SSSR count). The molecule has 0 spiro atoms. The summed E-state index contributed by atoms with van der Waals surface area (Å²) >= 11 is 1.72. The van der Waals surface area contributed by atoms with Gasteiger partial charge in [-0.1, -0.05) is 40.0 Å². The van der Waals surface area contributed by atoms with Gasteiger partial charge in [0, 0.05) is 35.9 Å². The number of nitrogens with one attached hydrogen (secondary N) is 1. The van der Waals surface area contributed by atoms with Crippen LogP contribution in [0.4, 0.5) is 5.00 Å². The third kappa shape index (κ3) is 4.94. The van der Waals surface area contributed by atoms with E-state index in [0.717, 1.165) is 53.9 Å². The summed E-state index contributed by atoms with van der Waals surface area (Å²) < 4.78 is 1.81. The van der Waals surface area contributed by atoms with Crippen molar-refractivity contribution in [3.8, 4) is 0 Å². The lowest BCUT2D eigenvalue weighted by Crippen LogP contribution is -2.36. The minimum Gasteiger partial charge on any atom is -0.349 e. The minimum atomic E-state index is 0.0775. The average Bonchev–Trinajstić information content (AvgIpc) is 3.24. The van der Waals surface area contributed by atoms with Crippen molar-refractivity contribution in [2.75, 3.05) is 0 Å². The predicted octanol–water partition coefficient (Wildman–Crippen LogP) is 5.75. The number of fused-ring (bicyclic) bond motifs is 1. The monoisotopic (exact) mass is 440 g/mol. The molecule has 1 saturated carbocycles. The van der Waals surface area contributed by atoms with Crippen molar-refractivity contribution in [3.63, 3.8) is 0 Å². The summed E-state index contributed by atoms with van der Waals surface area (Å²) in [6.07, 6.45) is 12.9. The molecule has 6 heteroatoms. The molecule has 1 fully saturated rings. The molecule has 1 amide bonds. The fourth-order valence-electron chi connectivity index (χ4n) is 5.01. The number of rotatable bonds is 4. The zero-order chi connectivity index (χ0) is 22.2. The van der Waals surface area contributed by atoms with E-state index in [9.17, 15) is 4.79 Å². The van der Waals surface area contributed by atoms with E-state index in [0.29, 0.717) is 12.0 Å². The molecule has 2 aromatic rings. The third-order valence-corrected chi connectivity index (χ3v) is 8.17. The lowest BCUT2D eigenvalue weighted by molar-refractivity contribution is 0.0927. The van der Waals surface area contributed by atoms with Crippen molar-refractivity contribution in [1.29, 1.82) is 0 Å². The summed E-state index contributed by atoms with van der Waals surface area (Å²) in [5, 5.41) is 8.61. The summed E-state index contributed by atoms with van der Waals surface area (Å²) in [6.45, 7) is 8.98. The highest BCUT2D eigenvalue weighted by molar-refractivity contribution is 7.16. The SMILES string of the molecule is Cc1nn(C)cc1/C=N/c1sc2c(c1C(=O)NC1CCCCC1)CCC(C(C)(C)C)C2. The molecule has 1 atom stereocenters. The van der Waals surface area contributed by atoms with Crippen LogP contribution in [0.3, 0.4) is 0 Å². The van der Waals surface area contributed by atoms with Crippen LogP contribution in [-0.4, -0.2) is 27.9 Å². The topological polar surface area (TPSA) is 59.3 Å². The number of aromatic nitrogens is 2. The van der Waals surface area contributed by atoms with E-state index >= 15 is 0 Å². The Morgan fingerprint density at radius 2 is 2.00 bits per heavy atom. The molecule has 2 aromatic heterocycles. The number of aryl methyl sites for hydroxylation is 2. The van der Waals surface area contributed by atoms with Crippen molar-refractivity contribution < 1.29 is 4.79 Å². The van der Waals surface area contributed by atoms with E-state index in [1.54, 1.807) is 16.0 Å². The van der Waals surface area contributed by atoms with E-state index in [1.807, 2.05) is 26.4 Å². The first-order chi connectivity index (χ1) is 14.7. The van der Waals surface area contributed by atoms with Gasteiger partial charge in [0.1, 0.15) is 5.00 Å². The van der Waals surface area contributed by atoms with Crippen LogP contribution in [0.15, 0.2) is 11.2 Å². The third-order valence-electron chi connectivity index (χ3n) is 7.01. The normalized spacial score (nSPS) is 20.2. The fourth-order valence-corrected chi connectivity index (χ4v) is 6.28. The number of aliphatic imine (C=N–C) groups is 1. The summed E-state index contributed by atoms with van der Waals surface area (Å²) in [6, 6.07) is 0.306. The highest BCUT2D eigenvalue weighted by atomic mass is 32.1. The largest absolute Gasteiger partial charge is 0.349 e. The number of hydrogen-bond acceptors (Lipinski definition) is 4. The first-order valence-corrected chi connectivity index (χ1v) is 12.5. The molecule has 2 heterocycles. The highest BCUT2D eigenvalue weighted by Crippen LogP contribution is 2.45. The van der Waals surface area contributed by atoms with Crippen molar-refractivity contribution in [3.05, 3.63) is 33.5 Å². The molecule has 2 aliphatic rings. The number of carbonyl (C=O) groups excluding carboxylic acids is 1. The van der Waals surface area contributed by atoms with Gasteiger partial charge in [0.05, 0.1) is 11.3 Å². The number of amides is 1. The molecular weight excluding hydrogens is 404 g/mol. The Balaban J connectivity index is 1.66. The van der Waals surface area contributed by atoms with Gasteiger partial charge >= 0.3 is 0 Å². The van der Waals surface area contributed by atoms with Crippen LogP contribution in [0.25, 0.3) is 0 Å². The van der Waals surface area contributed by atoms with Crippen LogP contribution in [0.2, 0.25) is 0 Å². The van der Waals surface area contributed by atoms with E-state index in [2.05, 4.69) is 31.2 Å². The van der Waals surface area contributed by atoms with Gasteiger partial charge in [0.15, 0.2) is 0 Å². The van der Waals surface area contributed by atoms with Gasteiger partial charge in [0.2, 0.25) is 0 Å². The van der Waals surface area contributed by atoms with Gasteiger partial charge in [-0.3, -0.25) is 9.48 Å². The van der Waals surface area contributed by atoms with Crippen molar-refractivity contribution in [2.45, 2.75) is 85.1 Å². The molecule has 31 heavy (non-hydrogen) atoms. The Morgan fingerprint density at radius 3 is 2.65 bits per heavy atom. The Morgan fingerprint density at radius 1 is 1.26 bits per heavy atom. The maximum atomic E-state index is 13.4. The molecule has 0 saturated heterocycles. The maximum Gasteiger partial charge on any atom is 0.254 e. The fraction of sp³-hybridized carbons (Fsp3) is 0.640. The first kappa shape index (κ1) is 22.3. The Hall–Kier alpha value is -1.95. The standard InChI is InChI=1S/C25H36N4OS/c1-16-17(15-29(5)28-16)14-26-24-22(23(30)27-19-9-7-6-8-10-19)20-12-11-18(25(2,3)4)13-21(20)31-24/h14-15,18-19H,6-13H2,1-5H3,(H,27,30)/b26-14+.